The Labute approximate surface area is 285 Å². The molecule has 0 saturated carbocycles. The van der Waals surface area contributed by atoms with E-state index < -0.39 is 64.7 Å². The SMILES string of the molecule is CC[C@H]1OC(=O)[C@H](C)C(O)[C@H](C)C(C)(C)[C@](C)(OC)C[C@@H](C)C(=O)[C@H](C)C2N(CCCCn3cnc(-c4cccnc4)c3)C(=O)O[C@@]21C. The summed E-state index contributed by atoms with van der Waals surface area (Å²) in [6.45, 7) is 18.0. The molecule has 0 radical (unpaired) electrons. The first kappa shape index (κ1) is 37.5. The largest absolute Gasteiger partial charge is 0.458 e. The number of unbranched alkanes of at least 4 members (excludes halogenated alkanes) is 1. The van der Waals surface area contributed by atoms with Crippen molar-refractivity contribution in [3.63, 3.8) is 0 Å². The van der Waals surface area contributed by atoms with E-state index in [2.05, 4.69) is 9.97 Å². The zero-order valence-corrected chi connectivity index (χ0v) is 30.4. The summed E-state index contributed by atoms with van der Waals surface area (Å²) < 4.78 is 20.4. The number of ketones is 1. The lowest BCUT2D eigenvalue weighted by molar-refractivity contribution is -0.182. The molecule has 2 fully saturated rings. The van der Waals surface area contributed by atoms with E-state index in [1.165, 1.54) is 0 Å². The second-order valence-corrected chi connectivity index (χ2v) is 15.0. The van der Waals surface area contributed by atoms with Gasteiger partial charge in [0.25, 0.3) is 0 Å². The highest BCUT2D eigenvalue weighted by molar-refractivity contribution is 5.85. The van der Waals surface area contributed by atoms with E-state index in [0.29, 0.717) is 32.4 Å². The quantitative estimate of drug-likeness (QED) is 0.268. The summed E-state index contributed by atoms with van der Waals surface area (Å²) in [6.07, 6.45) is 7.07. The Morgan fingerprint density at radius 2 is 1.73 bits per heavy atom. The Bertz CT molecular complexity index is 1430. The van der Waals surface area contributed by atoms with Crippen molar-refractivity contribution in [1.82, 2.24) is 19.4 Å². The van der Waals surface area contributed by atoms with E-state index in [1.54, 1.807) is 44.6 Å². The van der Waals surface area contributed by atoms with Crippen LogP contribution in [0, 0.1) is 29.1 Å². The number of ether oxygens (including phenoxy) is 3. The van der Waals surface area contributed by atoms with Crippen molar-refractivity contribution in [3.8, 4) is 11.3 Å². The summed E-state index contributed by atoms with van der Waals surface area (Å²) in [5.41, 5.74) is -0.938. The Morgan fingerprint density at radius 3 is 2.35 bits per heavy atom. The lowest BCUT2D eigenvalue weighted by atomic mass is 9.61. The fourth-order valence-corrected chi connectivity index (χ4v) is 7.94. The number of carbonyl (C=O) groups excluding carboxylic acids is 3. The summed E-state index contributed by atoms with van der Waals surface area (Å²) in [7, 11) is 1.62. The summed E-state index contributed by atoms with van der Waals surface area (Å²) in [6, 6.07) is 3.17. The van der Waals surface area contributed by atoms with Gasteiger partial charge in [-0.3, -0.25) is 14.6 Å². The number of carbonyl (C=O) groups is 3. The number of cyclic esters (lactones) is 1. The van der Waals surface area contributed by atoms with Crippen LogP contribution in [0.4, 0.5) is 4.79 Å². The molecule has 266 valence electrons. The number of rotatable bonds is 8. The molecule has 1 N–H and O–H groups in total. The number of fused-ring (bicyclic) bond motifs is 1. The van der Waals surface area contributed by atoms with Crippen molar-refractivity contribution >= 4 is 17.8 Å². The number of Topliss-reactive ketones (excluding diaryl/α,β-unsaturated/α-hetero) is 1. The number of hydrogen-bond acceptors (Lipinski definition) is 9. The van der Waals surface area contributed by atoms with Crippen LogP contribution in [-0.2, 0) is 30.3 Å². The average molecular weight is 669 g/mol. The molecule has 2 aromatic heterocycles. The van der Waals surface area contributed by atoms with Crippen molar-refractivity contribution in [2.45, 2.75) is 124 Å². The average Bonchev–Trinajstić information content (AvgIpc) is 3.65. The molecule has 0 spiro atoms. The first-order chi connectivity index (χ1) is 22.5. The van der Waals surface area contributed by atoms with Gasteiger partial charge in [-0.05, 0) is 69.9 Å². The highest BCUT2D eigenvalue weighted by atomic mass is 16.6. The third-order valence-corrected chi connectivity index (χ3v) is 11.8. The van der Waals surface area contributed by atoms with Crippen LogP contribution >= 0.6 is 0 Å². The maximum Gasteiger partial charge on any atom is 0.410 e. The smallest absolute Gasteiger partial charge is 0.410 e. The number of aliphatic hydroxyl groups is 1. The molecule has 0 aromatic carbocycles. The van der Waals surface area contributed by atoms with E-state index in [0.717, 1.165) is 17.7 Å². The minimum Gasteiger partial charge on any atom is -0.458 e. The molecule has 2 saturated heterocycles. The van der Waals surface area contributed by atoms with Gasteiger partial charge in [-0.2, -0.15) is 0 Å². The minimum atomic E-state index is -1.29. The van der Waals surface area contributed by atoms with Crippen LogP contribution in [0.3, 0.4) is 0 Å². The molecule has 11 heteroatoms. The van der Waals surface area contributed by atoms with Gasteiger partial charge in [0.2, 0.25) is 0 Å². The second-order valence-electron chi connectivity index (χ2n) is 15.0. The standard InChI is InChI=1S/C37H56N4O7/c1-11-29-37(9)32(41(34(45)48-37)18-13-12-17-40-21-28(39-22-40)27-15-14-16-38-20-27)24(3)30(42)23(2)19-36(8,46-10)35(6,7)26(5)31(43)25(4)33(44)47-29/h14-16,20-26,29,31-32,43H,11-13,17-19H2,1-10H3/t23-,24+,25-,26+,29-,31?,32?,36-,37-/m1/s1. The highest BCUT2D eigenvalue weighted by Gasteiger charge is 2.60. The number of pyridine rings is 1. The monoisotopic (exact) mass is 668 g/mol. The normalized spacial score (nSPS) is 34.7. The number of amides is 1. The van der Waals surface area contributed by atoms with Gasteiger partial charge in [-0.15, -0.1) is 0 Å². The van der Waals surface area contributed by atoms with Gasteiger partial charge in [-0.1, -0.05) is 41.5 Å². The third-order valence-electron chi connectivity index (χ3n) is 11.8. The number of aliphatic hydroxyl groups excluding tert-OH is 1. The van der Waals surface area contributed by atoms with Gasteiger partial charge in [0, 0.05) is 56.2 Å². The van der Waals surface area contributed by atoms with Crippen LogP contribution in [0.1, 0.15) is 88.0 Å². The predicted molar refractivity (Wildman–Crippen MR) is 182 cm³/mol. The van der Waals surface area contributed by atoms with Gasteiger partial charge in [0.1, 0.15) is 11.9 Å². The summed E-state index contributed by atoms with van der Waals surface area (Å²) in [5.74, 6) is -2.84. The van der Waals surface area contributed by atoms with Crippen LogP contribution in [0.2, 0.25) is 0 Å². The van der Waals surface area contributed by atoms with E-state index >= 15 is 0 Å². The summed E-state index contributed by atoms with van der Waals surface area (Å²) in [4.78, 5) is 52.0. The van der Waals surface area contributed by atoms with Gasteiger partial charge in [0.05, 0.1) is 35.7 Å². The lowest BCUT2D eigenvalue weighted by Crippen LogP contribution is -2.59. The summed E-state index contributed by atoms with van der Waals surface area (Å²) >= 11 is 0. The molecule has 2 aliphatic heterocycles. The third kappa shape index (κ3) is 7.04. The van der Waals surface area contributed by atoms with E-state index in [4.69, 9.17) is 14.2 Å². The van der Waals surface area contributed by atoms with Crippen molar-refractivity contribution < 1.29 is 33.7 Å². The van der Waals surface area contributed by atoms with Crippen LogP contribution in [0.25, 0.3) is 11.3 Å². The number of nitrogens with zero attached hydrogens (tertiary/aromatic N) is 4. The molecule has 4 heterocycles. The Kier molecular flexibility index (Phi) is 11.5. The topological polar surface area (TPSA) is 133 Å². The fraction of sp³-hybridized carbons (Fsp3) is 0.703. The number of aromatic nitrogens is 3. The summed E-state index contributed by atoms with van der Waals surface area (Å²) in [5, 5.41) is 11.5. The van der Waals surface area contributed by atoms with Crippen LogP contribution in [-0.4, -0.2) is 85.5 Å². The maximum absolute atomic E-state index is 14.3. The van der Waals surface area contributed by atoms with Crippen molar-refractivity contribution in [1.29, 1.82) is 0 Å². The molecule has 2 unspecified atom stereocenters. The molecule has 2 aromatic rings. The molecule has 11 nitrogen and oxygen atoms in total. The van der Waals surface area contributed by atoms with Gasteiger partial charge >= 0.3 is 12.1 Å². The number of hydrogen-bond donors (Lipinski definition) is 1. The molecule has 48 heavy (non-hydrogen) atoms. The lowest BCUT2D eigenvalue weighted by Gasteiger charge is -2.50. The van der Waals surface area contributed by atoms with Crippen LogP contribution in [0.15, 0.2) is 37.1 Å². The molecule has 0 bridgehead atoms. The van der Waals surface area contributed by atoms with Crippen LogP contribution < -0.4 is 0 Å². The number of imidazole rings is 1. The minimum absolute atomic E-state index is 0.0187. The molecule has 1 amide bonds. The highest BCUT2D eigenvalue weighted by Crippen LogP contribution is 2.48. The van der Waals surface area contributed by atoms with Crippen LogP contribution in [0.5, 0.6) is 0 Å². The zero-order chi connectivity index (χ0) is 35.6. The van der Waals surface area contributed by atoms with Crippen molar-refractivity contribution in [2.24, 2.45) is 29.1 Å². The predicted octanol–water partition coefficient (Wildman–Crippen LogP) is 5.94. The van der Waals surface area contributed by atoms with E-state index in [9.17, 15) is 19.5 Å². The Balaban J connectivity index is 1.62. The van der Waals surface area contributed by atoms with Gasteiger partial charge in [0.15, 0.2) is 5.60 Å². The van der Waals surface area contributed by atoms with Crippen molar-refractivity contribution in [2.75, 3.05) is 13.7 Å². The van der Waals surface area contributed by atoms with E-state index in [1.807, 2.05) is 71.4 Å². The van der Waals surface area contributed by atoms with Crippen molar-refractivity contribution in [3.05, 3.63) is 37.1 Å². The molecular weight excluding hydrogens is 612 g/mol. The molecule has 2 aliphatic rings. The number of methoxy groups -OCH3 is 1. The Hall–Kier alpha value is -3.31. The molecule has 4 rings (SSSR count). The zero-order valence-electron chi connectivity index (χ0n) is 30.4. The number of aryl methyl sites for hydroxylation is 1. The molecular formula is C37H56N4O7. The number of esters is 1. The first-order valence-electron chi connectivity index (χ1n) is 17.4. The first-order valence-corrected chi connectivity index (χ1v) is 17.4. The Morgan fingerprint density at radius 1 is 1.04 bits per heavy atom. The molecule has 9 atom stereocenters. The maximum atomic E-state index is 14.3. The fourth-order valence-electron chi connectivity index (χ4n) is 7.94. The second kappa shape index (κ2) is 14.7. The van der Waals surface area contributed by atoms with Gasteiger partial charge < -0.3 is 28.8 Å². The van der Waals surface area contributed by atoms with E-state index in [-0.39, 0.29) is 11.7 Å². The van der Waals surface area contributed by atoms with Gasteiger partial charge in [-0.25, -0.2) is 9.78 Å². The molecule has 0 aliphatic carbocycles.